The van der Waals surface area contributed by atoms with Gasteiger partial charge in [0.05, 0.1) is 17.4 Å². The summed E-state index contributed by atoms with van der Waals surface area (Å²) in [6, 6.07) is 3.86. The van der Waals surface area contributed by atoms with Crippen molar-refractivity contribution in [1.82, 2.24) is 0 Å². The number of hydrogen-bond acceptors (Lipinski definition) is 3. The second-order valence-electron chi connectivity index (χ2n) is 2.12. The van der Waals surface area contributed by atoms with Crippen LogP contribution in [0.2, 0.25) is 0 Å². The van der Waals surface area contributed by atoms with Crippen LogP contribution in [0.25, 0.3) is 6.08 Å². The molecule has 0 amide bonds. The highest BCUT2D eigenvalue weighted by atomic mass is 32.1. The number of allylic oxidation sites excluding steroid dienone is 1. The van der Waals surface area contributed by atoms with Crippen molar-refractivity contribution >= 4 is 23.7 Å². The van der Waals surface area contributed by atoms with Crippen LogP contribution in [0, 0.1) is 11.3 Å². The van der Waals surface area contributed by atoms with Gasteiger partial charge >= 0.3 is 0 Å². The average Bonchev–Trinajstić information content (AvgIpc) is 2.52. The summed E-state index contributed by atoms with van der Waals surface area (Å²) in [4.78, 5) is 11.1. The molecule has 60 valence electrons. The van der Waals surface area contributed by atoms with E-state index in [9.17, 15) is 4.79 Å². The topological polar surface area (TPSA) is 40.9 Å². The van der Waals surface area contributed by atoms with E-state index >= 15 is 0 Å². The zero-order valence-corrected chi connectivity index (χ0v) is 7.17. The van der Waals surface area contributed by atoms with E-state index in [1.165, 1.54) is 11.3 Å². The Labute approximate surface area is 74.8 Å². The van der Waals surface area contributed by atoms with Crippen LogP contribution in [0.15, 0.2) is 17.5 Å². The van der Waals surface area contributed by atoms with Crippen LogP contribution in [0.1, 0.15) is 21.7 Å². The first kappa shape index (κ1) is 8.69. The van der Waals surface area contributed by atoms with Crippen molar-refractivity contribution in [3.63, 3.8) is 0 Å². The van der Waals surface area contributed by atoms with E-state index in [4.69, 9.17) is 5.26 Å². The van der Waals surface area contributed by atoms with Crippen molar-refractivity contribution in [2.24, 2.45) is 0 Å². The van der Waals surface area contributed by atoms with E-state index in [1.54, 1.807) is 12.2 Å². The van der Waals surface area contributed by atoms with Gasteiger partial charge in [0.25, 0.3) is 0 Å². The van der Waals surface area contributed by atoms with Gasteiger partial charge in [-0.25, -0.2) is 0 Å². The van der Waals surface area contributed by atoms with E-state index in [0.29, 0.717) is 11.3 Å². The molecule has 1 rings (SSSR count). The van der Waals surface area contributed by atoms with Crippen LogP contribution in [-0.2, 0) is 0 Å². The Morgan fingerprint density at radius 2 is 2.50 bits per heavy atom. The average molecular weight is 177 g/mol. The van der Waals surface area contributed by atoms with Crippen molar-refractivity contribution in [3.8, 4) is 6.07 Å². The molecule has 0 aromatic carbocycles. The minimum atomic E-state index is 0.383. The Balaban J connectivity index is 2.75. The Morgan fingerprint density at radius 3 is 3.17 bits per heavy atom. The van der Waals surface area contributed by atoms with E-state index in [-0.39, 0.29) is 0 Å². The molecule has 0 aliphatic heterocycles. The van der Waals surface area contributed by atoms with Crippen LogP contribution in [0.3, 0.4) is 0 Å². The quantitative estimate of drug-likeness (QED) is 0.665. The summed E-state index contributed by atoms with van der Waals surface area (Å²) in [6.07, 6.45) is 4.75. The first-order chi connectivity index (χ1) is 5.88. The number of nitriles is 1. The van der Waals surface area contributed by atoms with Gasteiger partial charge < -0.3 is 0 Å². The highest BCUT2D eigenvalue weighted by molar-refractivity contribution is 7.11. The number of aldehydes is 1. The fourth-order valence-corrected chi connectivity index (χ4v) is 1.49. The minimum Gasteiger partial charge on any atom is -0.297 e. The number of rotatable bonds is 3. The fraction of sp³-hybridized carbons (Fsp3) is 0.111. The van der Waals surface area contributed by atoms with Gasteiger partial charge in [0, 0.05) is 0 Å². The van der Waals surface area contributed by atoms with Crippen LogP contribution in [0.4, 0.5) is 0 Å². The van der Waals surface area contributed by atoms with Gasteiger partial charge in [-0.3, -0.25) is 4.79 Å². The molecule has 0 aliphatic rings. The summed E-state index contributed by atoms with van der Waals surface area (Å²) < 4.78 is 0. The van der Waals surface area contributed by atoms with Gasteiger partial charge in [0.2, 0.25) is 0 Å². The number of thiophene rings is 1. The number of hydrogen-bond donors (Lipinski definition) is 0. The van der Waals surface area contributed by atoms with Crippen molar-refractivity contribution in [2.45, 2.75) is 6.42 Å². The Hall–Kier alpha value is -1.40. The van der Waals surface area contributed by atoms with Gasteiger partial charge in [-0.05, 0) is 17.0 Å². The molecule has 0 unspecified atom stereocenters. The highest BCUT2D eigenvalue weighted by Crippen LogP contribution is 2.15. The molecule has 1 aromatic rings. The molecule has 2 nitrogen and oxygen atoms in total. The lowest BCUT2D eigenvalue weighted by molar-refractivity contribution is 0.112. The van der Waals surface area contributed by atoms with Crippen molar-refractivity contribution in [1.29, 1.82) is 5.26 Å². The fourth-order valence-electron chi connectivity index (χ4n) is 0.803. The van der Waals surface area contributed by atoms with E-state index in [2.05, 4.69) is 0 Å². The van der Waals surface area contributed by atoms with Crippen LogP contribution in [-0.4, -0.2) is 6.29 Å². The first-order valence-corrected chi connectivity index (χ1v) is 4.32. The number of carbonyl (C=O) groups is 1. The Kier molecular flexibility index (Phi) is 3.24. The van der Waals surface area contributed by atoms with Crippen molar-refractivity contribution in [2.75, 3.05) is 0 Å². The molecular formula is C9H7NOS. The maximum Gasteiger partial charge on any atom is 0.160 e. The summed E-state index contributed by atoms with van der Waals surface area (Å²) in [5, 5.41) is 10.1. The third-order valence-electron chi connectivity index (χ3n) is 1.34. The lowest BCUT2D eigenvalue weighted by Crippen LogP contribution is -1.74. The Bertz CT molecular complexity index is 333. The van der Waals surface area contributed by atoms with Gasteiger partial charge in [0.15, 0.2) is 6.29 Å². The molecule has 0 radical (unpaired) electrons. The standard InChI is InChI=1S/C9H7NOS/c10-5-2-1-3-8-4-6-12-9(8)7-11/h1,3-4,6-7H,2H2. The van der Waals surface area contributed by atoms with E-state index in [1.807, 2.05) is 17.5 Å². The molecule has 0 saturated carbocycles. The summed E-state index contributed by atoms with van der Waals surface area (Å²) in [5.74, 6) is 0. The molecule has 1 aromatic heterocycles. The van der Waals surface area contributed by atoms with Gasteiger partial charge in [-0.2, -0.15) is 5.26 Å². The van der Waals surface area contributed by atoms with Gasteiger partial charge in [-0.1, -0.05) is 12.2 Å². The summed E-state index contributed by atoms with van der Waals surface area (Å²) in [5.41, 5.74) is 0.894. The summed E-state index contributed by atoms with van der Waals surface area (Å²) in [7, 11) is 0. The molecule has 0 atom stereocenters. The third kappa shape index (κ3) is 2.04. The first-order valence-electron chi connectivity index (χ1n) is 3.44. The van der Waals surface area contributed by atoms with Gasteiger partial charge in [0.1, 0.15) is 0 Å². The second kappa shape index (κ2) is 4.47. The van der Waals surface area contributed by atoms with Gasteiger partial charge in [-0.15, -0.1) is 11.3 Å². The number of nitrogens with zero attached hydrogens (tertiary/aromatic N) is 1. The third-order valence-corrected chi connectivity index (χ3v) is 2.20. The molecule has 1 heterocycles. The molecule has 0 aliphatic carbocycles. The summed E-state index contributed by atoms with van der Waals surface area (Å²) in [6.45, 7) is 0. The lowest BCUT2D eigenvalue weighted by atomic mass is 10.2. The minimum absolute atomic E-state index is 0.383. The van der Waals surface area contributed by atoms with Crippen molar-refractivity contribution < 1.29 is 4.79 Å². The summed E-state index contributed by atoms with van der Waals surface area (Å²) >= 11 is 1.41. The normalized spacial score (nSPS) is 9.92. The maximum atomic E-state index is 10.4. The van der Waals surface area contributed by atoms with Crippen LogP contribution >= 0.6 is 11.3 Å². The van der Waals surface area contributed by atoms with E-state index in [0.717, 1.165) is 11.8 Å². The smallest absolute Gasteiger partial charge is 0.160 e. The molecular weight excluding hydrogens is 170 g/mol. The molecule has 0 bridgehead atoms. The maximum absolute atomic E-state index is 10.4. The van der Waals surface area contributed by atoms with Crippen LogP contribution in [0.5, 0.6) is 0 Å². The molecule has 0 saturated heterocycles. The molecule has 0 fully saturated rings. The Morgan fingerprint density at radius 1 is 1.67 bits per heavy atom. The van der Waals surface area contributed by atoms with Crippen molar-refractivity contribution in [3.05, 3.63) is 28.0 Å². The molecule has 0 spiro atoms. The zero-order chi connectivity index (χ0) is 8.81. The molecule has 0 N–H and O–H groups in total. The number of carbonyl (C=O) groups excluding carboxylic acids is 1. The SMILES string of the molecule is N#CCC=Cc1ccsc1C=O. The lowest BCUT2D eigenvalue weighted by Gasteiger charge is -1.85. The molecule has 12 heavy (non-hydrogen) atoms. The predicted molar refractivity (Wildman–Crippen MR) is 49.0 cm³/mol. The highest BCUT2D eigenvalue weighted by Gasteiger charge is 1.97. The molecule has 3 heteroatoms. The van der Waals surface area contributed by atoms with Crippen LogP contribution < -0.4 is 0 Å². The predicted octanol–water partition coefficient (Wildman–Crippen LogP) is 2.49. The van der Waals surface area contributed by atoms with E-state index < -0.39 is 0 Å². The second-order valence-corrected chi connectivity index (χ2v) is 3.07. The monoisotopic (exact) mass is 177 g/mol. The largest absolute Gasteiger partial charge is 0.297 e. The zero-order valence-electron chi connectivity index (χ0n) is 6.36.